The van der Waals surface area contributed by atoms with E-state index in [2.05, 4.69) is 20.6 Å². The topological polar surface area (TPSA) is 127 Å². The number of pyridine rings is 2. The number of methoxy groups -OCH3 is 1. The minimum Gasteiger partial charge on any atom is -0.481 e. The molecule has 2 aromatic heterocycles. The molecule has 0 atom stereocenters. The van der Waals surface area contributed by atoms with E-state index in [0.29, 0.717) is 50.7 Å². The van der Waals surface area contributed by atoms with Gasteiger partial charge in [-0.05, 0) is 43.3 Å². The number of halogens is 3. The van der Waals surface area contributed by atoms with E-state index in [4.69, 9.17) is 4.74 Å². The molecule has 4 rings (SSSR count). The number of nitrogens with zero attached hydrogens (tertiary/aromatic N) is 6. The Morgan fingerprint density at radius 1 is 1.27 bits per heavy atom. The smallest absolute Gasteiger partial charge is 0.441 e. The number of piperazine rings is 1. The Morgan fingerprint density at radius 3 is 2.77 bits per heavy atom. The number of anilines is 3. The van der Waals surface area contributed by atoms with Crippen molar-refractivity contribution in [2.45, 2.75) is 24.9 Å². The van der Waals surface area contributed by atoms with E-state index in [9.17, 15) is 28.0 Å². The maximum atomic E-state index is 13.3. The predicted molar refractivity (Wildman–Crippen MR) is 144 cm³/mol. The number of amides is 3. The number of thioether (sulfide) groups is 1. The Bertz CT molecular complexity index is 1300. The second-order valence-electron chi connectivity index (χ2n) is 9.33. The number of carbonyl (C=O) groups is 2. The van der Waals surface area contributed by atoms with E-state index in [1.54, 1.807) is 4.90 Å². The van der Waals surface area contributed by atoms with Crippen LogP contribution in [0.5, 0.6) is 5.88 Å². The van der Waals surface area contributed by atoms with E-state index in [1.165, 1.54) is 24.3 Å². The van der Waals surface area contributed by atoms with Gasteiger partial charge in [0.15, 0.2) is 0 Å². The van der Waals surface area contributed by atoms with Crippen molar-refractivity contribution in [1.82, 2.24) is 19.8 Å². The van der Waals surface area contributed by atoms with Gasteiger partial charge < -0.3 is 15.0 Å². The Balaban J connectivity index is 1.48. The van der Waals surface area contributed by atoms with Crippen molar-refractivity contribution in [3.05, 3.63) is 35.0 Å². The highest BCUT2D eigenvalue weighted by Gasteiger charge is 2.29. The average molecular weight is 579 g/mol. The fraction of sp³-hybridized carbons (Fsp3) is 0.480. The molecule has 0 saturated carbocycles. The highest BCUT2D eigenvalue weighted by Crippen LogP contribution is 2.32. The van der Waals surface area contributed by atoms with E-state index in [1.807, 2.05) is 24.1 Å². The summed E-state index contributed by atoms with van der Waals surface area (Å²) in [5.74, 6) is 0.660. The standard InChI is InChI=1S/C25H29F3N8O3S/c1-34-7-8-35(21(37)15-34)14-17-10-16-4-3-6-36(22(16)33-23(17)39-2)24(38)32-20-11-19(18(12-29)13-31-20)30-5-9-40-25(26,27)28/h10-11,13H,3-9,14-15H2,1-2H3,(H2,30,31,32,38). The monoisotopic (exact) mass is 578 g/mol. The quantitative estimate of drug-likeness (QED) is 0.454. The lowest BCUT2D eigenvalue weighted by molar-refractivity contribution is -0.136. The molecule has 214 valence electrons. The third-order valence-electron chi connectivity index (χ3n) is 6.45. The number of urea groups is 1. The molecule has 1 fully saturated rings. The van der Waals surface area contributed by atoms with Gasteiger partial charge in [-0.15, -0.1) is 0 Å². The number of rotatable bonds is 8. The summed E-state index contributed by atoms with van der Waals surface area (Å²) in [6.45, 7) is 2.42. The fourth-order valence-corrected chi connectivity index (χ4v) is 4.94. The van der Waals surface area contributed by atoms with Crippen molar-refractivity contribution < 1.29 is 27.5 Å². The molecule has 15 heteroatoms. The number of ether oxygens (including phenoxy) is 1. The summed E-state index contributed by atoms with van der Waals surface area (Å²) in [4.78, 5) is 39.7. The third kappa shape index (κ3) is 7.24. The molecular formula is C25H29F3N8O3S. The zero-order chi connectivity index (χ0) is 28.9. The molecule has 2 aliphatic rings. The molecular weight excluding hydrogens is 549 g/mol. The van der Waals surface area contributed by atoms with E-state index >= 15 is 0 Å². The highest BCUT2D eigenvalue weighted by molar-refractivity contribution is 8.00. The molecule has 40 heavy (non-hydrogen) atoms. The first kappa shape index (κ1) is 29.2. The molecule has 4 heterocycles. The third-order valence-corrected chi connectivity index (χ3v) is 7.19. The zero-order valence-electron chi connectivity index (χ0n) is 22.0. The van der Waals surface area contributed by atoms with Gasteiger partial charge in [0, 0.05) is 49.8 Å². The van der Waals surface area contributed by atoms with Crippen LogP contribution < -0.4 is 20.3 Å². The molecule has 2 N–H and O–H groups in total. The van der Waals surface area contributed by atoms with E-state index in [0.717, 1.165) is 17.7 Å². The minimum absolute atomic E-state index is 0.0254. The van der Waals surface area contributed by atoms with Crippen LogP contribution in [0.15, 0.2) is 18.3 Å². The molecule has 2 aromatic rings. The van der Waals surface area contributed by atoms with Crippen LogP contribution in [0.2, 0.25) is 0 Å². The van der Waals surface area contributed by atoms with Crippen molar-refractivity contribution in [3.63, 3.8) is 0 Å². The Labute approximate surface area is 233 Å². The Hall–Kier alpha value is -3.77. The van der Waals surface area contributed by atoms with Crippen molar-refractivity contribution in [2.75, 3.05) is 68.2 Å². The van der Waals surface area contributed by atoms with Crippen molar-refractivity contribution in [3.8, 4) is 11.9 Å². The number of nitrogens with one attached hydrogen (secondary N) is 2. The maximum Gasteiger partial charge on any atom is 0.441 e. The number of hydrogen-bond acceptors (Lipinski definition) is 9. The van der Waals surface area contributed by atoms with Crippen LogP contribution in [0.3, 0.4) is 0 Å². The first-order chi connectivity index (χ1) is 19.1. The summed E-state index contributed by atoms with van der Waals surface area (Å²) < 4.78 is 42.8. The molecule has 0 aromatic carbocycles. The van der Waals surface area contributed by atoms with Crippen LogP contribution in [-0.4, -0.2) is 89.8 Å². The summed E-state index contributed by atoms with van der Waals surface area (Å²) >= 11 is -0.169. The number of alkyl halides is 3. The first-order valence-electron chi connectivity index (χ1n) is 12.5. The molecule has 0 bridgehead atoms. The van der Waals surface area contributed by atoms with Gasteiger partial charge in [-0.1, -0.05) is 0 Å². The molecule has 3 amide bonds. The lowest BCUT2D eigenvalue weighted by Crippen LogP contribution is -2.48. The SMILES string of the molecule is COc1nc2c(cc1CN1CCN(C)CC1=O)CCCN2C(=O)Nc1cc(NCCSC(F)(F)F)c(C#N)cn1. The number of hydrogen-bond donors (Lipinski definition) is 2. The van der Waals surface area contributed by atoms with Crippen LogP contribution in [0, 0.1) is 11.3 Å². The molecule has 0 aliphatic carbocycles. The molecule has 0 radical (unpaired) electrons. The van der Waals surface area contributed by atoms with Crippen LogP contribution in [0.1, 0.15) is 23.1 Å². The lowest BCUT2D eigenvalue weighted by Gasteiger charge is -2.33. The highest BCUT2D eigenvalue weighted by atomic mass is 32.2. The minimum atomic E-state index is -4.35. The van der Waals surface area contributed by atoms with E-state index < -0.39 is 11.5 Å². The normalized spacial score (nSPS) is 15.8. The van der Waals surface area contributed by atoms with Gasteiger partial charge >= 0.3 is 11.5 Å². The van der Waals surface area contributed by atoms with Gasteiger partial charge in [0.25, 0.3) is 0 Å². The van der Waals surface area contributed by atoms with Gasteiger partial charge in [0.2, 0.25) is 11.8 Å². The second kappa shape index (κ2) is 12.6. The van der Waals surface area contributed by atoms with Crippen LogP contribution in [-0.2, 0) is 17.8 Å². The molecule has 0 unspecified atom stereocenters. The Morgan fingerprint density at radius 2 is 2.08 bits per heavy atom. The van der Waals surface area contributed by atoms with Crippen LogP contribution in [0.25, 0.3) is 0 Å². The summed E-state index contributed by atoms with van der Waals surface area (Å²) in [7, 11) is 3.39. The number of aryl methyl sites for hydroxylation is 1. The molecule has 2 aliphatic heterocycles. The summed E-state index contributed by atoms with van der Waals surface area (Å²) in [6.07, 6.45) is 2.62. The van der Waals surface area contributed by atoms with Crippen molar-refractivity contribution in [2.24, 2.45) is 0 Å². The largest absolute Gasteiger partial charge is 0.481 e. The summed E-state index contributed by atoms with van der Waals surface area (Å²) in [5, 5.41) is 14.8. The first-order valence-corrected chi connectivity index (χ1v) is 13.5. The van der Waals surface area contributed by atoms with E-state index in [-0.39, 0.29) is 47.0 Å². The number of nitriles is 1. The Kier molecular flexibility index (Phi) is 9.21. The fourth-order valence-electron chi connectivity index (χ4n) is 4.50. The second-order valence-corrected chi connectivity index (χ2v) is 10.5. The number of carbonyl (C=O) groups excluding carboxylic acids is 2. The number of fused-ring (bicyclic) bond motifs is 1. The van der Waals surface area contributed by atoms with Gasteiger partial charge in [0.1, 0.15) is 17.7 Å². The molecule has 0 spiro atoms. The maximum absolute atomic E-state index is 13.3. The molecule has 11 nitrogen and oxygen atoms in total. The predicted octanol–water partition coefficient (Wildman–Crippen LogP) is 3.28. The average Bonchev–Trinajstić information content (AvgIpc) is 2.91. The number of aromatic nitrogens is 2. The lowest BCUT2D eigenvalue weighted by atomic mass is 10.0. The summed E-state index contributed by atoms with van der Waals surface area (Å²) in [6, 6.07) is 4.76. The van der Waals surface area contributed by atoms with Gasteiger partial charge in [-0.25, -0.2) is 9.78 Å². The molecule has 1 saturated heterocycles. The van der Waals surface area contributed by atoms with Gasteiger partial charge in [-0.2, -0.15) is 23.4 Å². The van der Waals surface area contributed by atoms with Crippen molar-refractivity contribution in [1.29, 1.82) is 5.26 Å². The summed E-state index contributed by atoms with van der Waals surface area (Å²) in [5.41, 5.74) is -2.35. The van der Waals surface area contributed by atoms with Gasteiger partial charge in [-0.3, -0.25) is 19.9 Å². The van der Waals surface area contributed by atoms with Crippen LogP contribution >= 0.6 is 11.8 Å². The van der Waals surface area contributed by atoms with Crippen molar-refractivity contribution >= 4 is 41.0 Å². The van der Waals surface area contributed by atoms with Gasteiger partial charge in [0.05, 0.1) is 31.5 Å². The van der Waals surface area contributed by atoms with Crippen LogP contribution in [0.4, 0.5) is 35.3 Å². The number of likely N-dealkylation sites (N-methyl/N-ethyl adjacent to an activating group) is 1. The zero-order valence-corrected chi connectivity index (χ0v) is 22.9.